The molecule has 2 fully saturated rings. The van der Waals surface area contributed by atoms with Crippen molar-refractivity contribution in [1.82, 2.24) is 9.88 Å². The van der Waals surface area contributed by atoms with Crippen LogP contribution in [0.15, 0.2) is 5.51 Å². The Balaban J connectivity index is 1.57. The van der Waals surface area contributed by atoms with Gasteiger partial charge in [0.05, 0.1) is 16.8 Å². The molecule has 1 aromatic heterocycles. The minimum absolute atomic E-state index is 0.168. The third kappa shape index (κ3) is 2.49. The predicted octanol–water partition coefficient (Wildman–Crippen LogP) is 2.00. The topological polar surface area (TPSA) is 53.4 Å². The molecule has 2 heterocycles. The highest BCUT2D eigenvalue weighted by atomic mass is 32.1. The fraction of sp³-hybridized carbons (Fsp3) is 0.733. The number of hydrogen-bond donors (Lipinski definition) is 1. The van der Waals surface area contributed by atoms with Crippen LogP contribution in [0.3, 0.4) is 0 Å². The number of aryl methyl sites for hydroxylation is 2. The van der Waals surface area contributed by atoms with Gasteiger partial charge in [-0.25, -0.2) is 4.98 Å². The van der Waals surface area contributed by atoms with Crippen molar-refractivity contribution in [1.29, 1.82) is 0 Å². The summed E-state index contributed by atoms with van der Waals surface area (Å²) in [5.74, 6) is 0.782. The predicted molar refractivity (Wildman–Crippen MR) is 78.6 cm³/mol. The maximum absolute atomic E-state index is 12.3. The molecule has 2 aliphatic rings. The van der Waals surface area contributed by atoms with Gasteiger partial charge < -0.3 is 10.0 Å². The second-order valence-electron chi connectivity index (χ2n) is 6.30. The number of aliphatic hydroxyl groups is 1. The van der Waals surface area contributed by atoms with Gasteiger partial charge in [-0.2, -0.15) is 0 Å². The van der Waals surface area contributed by atoms with Crippen molar-refractivity contribution in [2.45, 2.75) is 45.1 Å². The Labute approximate surface area is 123 Å². The quantitative estimate of drug-likeness (QED) is 0.924. The van der Waals surface area contributed by atoms with Gasteiger partial charge in [-0.3, -0.25) is 4.79 Å². The molecule has 1 aliphatic heterocycles. The van der Waals surface area contributed by atoms with Gasteiger partial charge in [0.25, 0.3) is 0 Å². The molecule has 20 heavy (non-hydrogen) atoms. The molecule has 1 saturated carbocycles. The van der Waals surface area contributed by atoms with Crippen LogP contribution in [-0.4, -0.2) is 39.6 Å². The van der Waals surface area contributed by atoms with Crippen LogP contribution in [0.1, 0.15) is 36.8 Å². The van der Waals surface area contributed by atoms with Crippen molar-refractivity contribution in [2.24, 2.45) is 11.8 Å². The van der Waals surface area contributed by atoms with Crippen LogP contribution in [-0.2, 0) is 11.2 Å². The SMILES string of the molecule is Cc1ncsc1CCC(=O)N1CC(C)C(O)(C2CC2)C1. The first kappa shape index (κ1) is 14.0. The maximum Gasteiger partial charge on any atom is 0.223 e. The van der Waals surface area contributed by atoms with Crippen molar-refractivity contribution in [3.05, 3.63) is 16.1 Å². The van der Waals surface area contributed by atoms with E-state index in [1.807, 2.05) is 17.3 Å². The Bertz CT molecular complexity index is 512. The highest BCUT2D eigenvalue weighted by molar-refractivity contribution is 7.09. The number of hydrogen-bond acceptors (Lipinski definition) is 4. The summed E-state index contributed by atoms with van der Waals surface area (Å²) in [7, 11) is 0. The number of nitrogens with zero attached hydrogens (tertiary/aromatic N) is 2. The Hall–Kier alpha value is -0.940. The lowest BCUT2D eigenvalue weighted by Gasteiger charge is -2.26. The number of thiazole rings is 1. The Morgan fingerprint density at radius 2 is 2.35 bits per heavy atom. The van der Waals surface area contributed by atoms with Crippen molar-refractivity contribution < 1.29 is 9.90 Å². The molecule has 2 atom stereocenters. The second-order valence-corrected chi connectivity index (χ2v) is 7.24. The number of likely N-dealkylation sites (tertiary alicyclic amines) is 1. The zero-order valence-corrected chi connectivity index (χ0v) is 12.9. The molecule has 1 aliphatic carbocycles. The molecule has 1 amide bonds. The Kier molecular flexibility index (Phi) is 3.58. The highest BCUT2D eigenvalue weighted by Gasteiger charge is 2.53. The van der Waals surface area contributed by atoms with Gasteiger partial charge in [-0.1, -0.05) is 6.92 Å². The molecule has 1 saturated heterocycles. The van der Waals surface area contributed by atoms with Crippen LogP contribution in [0.25, 0.3) is 0 Å². The lowest BCUT2D eigenvalue weighted by molar-refractivity contribution is -0.131. The van der Waals surface area contributed by atoms with Crippen molar-refractivity contribution in [3.63, 3.8) is 0 Å². The first-order chi connectivity index (χ1) is 9.50. The molecular formula is C15H22N2O2S. The fourth-order valence-corrected chi connectivity index (χ4v) is 4.05. The molecule has 1 N–H and O–H groups in total. The monoisotopic (exact) mass is 294 g/mol. The molecule has 0 aromatic carbocycles. The standard InChI is InChI=1S/C15H22N2O2S/c1-10-7-17(8-15(10,19)12-3-4-12)14(18)6-5-13-11(2)16-9-20-13/h9-10,12,19H,3-8H2,1-2H3. The van der Waals surface area contributed by atoms with Crippen LogP contribution in [0.5, 0.6) is 0 Å². The van der Waals surface area contributed by atoms with Gasteiger partial charge in [-0.05, 0) is 32.1 Å². The molecule has 4 nitrogen and oxygen atoms in total. The molecule has 3 rings (SSSR count). The van der Waals surface area contributed by atoms with E-state index >= 15 is 0 Å². The van der Waals surface area contributed by atoms with Gasteiger partial charge in [-0.15, -0.1) is 11.3 Å². The minimum Gasteiger partial charge on any atom is -0.387 e. The molecular weight excluding hydrogens is 272 g/mol. The van der Waals surface area contributed by atoms with Gasteiger partial charge in [0, 0.05) is 30.3 Å². The Morgan fingerprint density at radius 3 is 2.95 bits per heavy atom. The van der Waals surface area contributed by atoms with Crippen molar-refractivity contribution in [3.8, 4) is 0 Å². The smallest absolute Gasteiger partial charge is 0.223 e. The van der Waals surface area contributed by atoms with E-state index in [-0.39, 0.29) is 11.8 Å². The zero-order valence-electron chi connectivity index (χ0n) is 12.1. The summed E-state index contributed by atoms with van der Waals surface area (Å²) in [5.41, 5.74) is 2.24. The van der Waals surface area contributed by atoms with E-state index in [0.717, 1.165) is 25.0 Å². The van der Waals surface area contributed by atoms with E-state index in [0.29, 0.717) is 25.4 Å². The average Bonchev–Trinajstić information content (AvgIpc) is 3.13. The Morgan fingerprint density at radius 1 is 1.60 bits per heavy atom. The molecule has 0 bridgehead atoms. The molecule has 110 valence electrons. The van der Waals surface area contributed by atoms with Crippen LogP contribution in [0.2, 0.25) is 0 Å². The number of carbonyl (C=O) groups is 1. The summed E-state index contributed by atoms with van der Waals surface area (Å²) in [6, 6.07) is 0. The summed E-state index contributed by atoms with van der Waals surface area (Å²) >= 11 is 1.62. The van der Waals surface area contributed by atoms with Gasteiger partial charge in [0.15, 0.2) is 0 Å². The van der Waals surface area contributed by atoms with E-state index in [1.165, 1.54) is 4.88 Å². The third-order valence-corrected chi connectivity index (χ3v) is 5.83. The van der Waals surface area contributed by atoms with E-state index in [9.17, 15) is 9.90 Å². The van der Waals surface area contributed by atoms with E-state index in [1.54, 1.807) is 11.3 Å². The minimum atomic E-state index is -0.629. The van der Waals surface area contributed by atoms with Crippen LogP contribution in [0, 0.1) is 18.8 Å². The van der Waals surface area contributed by atoms with Crippen LogP contribution < -0.4 is 0 Å². The van der Waals surface area contributed by atoms with Crippen LogP contribution in [0.4, 0.5) is 0 Å². The highest BCUT2D eigenvalue weighted by Crippen LogP contribution is 2.47. The van der Waals surface area contributed by atoms with E-state index in [2.05, 4.69) is 11.9 Å². The summed E-state index contributed by atoms with van der Waals surface area (Å²) < 4.78 is 0. The van der Waals surface area contributed by atoms with Crippen LogP contribution >= 0.6 is 11.3 Å². The number of aromatic nitrogens is 1. The van der Waals surface area contributed by atoms with E-state index in [4.69, 9.17) is 0 Å². The number of amides is 1. The summed E-state index contributed by atoms with van der Waals surface area (Å²) in [5, 5.41) is 10.7. The third-order valence-electron chi connectivity index (χ3n) is 4.84. The van der Waals surface area contributed by atoms with Gasteiger partial charge >= 0.3 is 0 Å². The average molecular weight is 294 g/mol. The first-order valence-corrected chi connectivity index (χ1v) is 8.28. The summed E-state index contributed by atoms with van der Waals surface area (Å²) in [6.07, 6.45) is 3.52. The number of β-amino-alcohol motifs (C(OH)–C–C–N with tert-alkyl or cyclic N) is 1. The molecule has 0 radical (unpaired) electrons. The van der Waals surface area contributed by atoms with Crippen molar-refractivity contribution >= 4 is 17.2 Å². The maximum atomic E-state index is 12.3. The molecule has 0 spiro atoms. The molecule has 5 heteroatoms. The van der Waals surface area contributed by atoms with Crippen molar-refractivity contribution in [2.75, 3.05) is 13.1 Å². The number of carbonyl (C=O) groups excluding carboxylic acids is 1. The largest absolute Gasteiger partial charge is 0.387 e. The number of rotatable bonds is 4. The zero-order chi connectivity index (χ0) is 14.3. The molecule has 2 unspecified atom stereocenters. The lowest BCUT2D eigenvalue weighted by atomic mass is 9.88. The second kappa shape index (κ2) is 5.11. The summed E-state index contributed by atoms with van der Waals surface area (Å²) in [6.45, 7) is 5.28. The van der Waals surface area contributed by atoms with Gasteiger partial charge in [0.2, 0.25) is 5.91 Å². The fourth-order valence-electron chi connectivity index (χ4n) is 3.26. The summed E-state index contributed by atoms with van der Waals surface area (Å²) in [4.78, 5) is 19.6. The van der Waals surface area contributed by atoms with Gasteiger partial charge in [0.1, 0.15) is 0 Å². The van der Waals surface area contributed by atoms with E-state index < -0.39 is 5.60 Å². The normalized spacial score (nSPS) is 29.9. The molecule has 1 aromatic rings. The lowest BCUT2D eigenvalue weighted by Crippen LogP contribution is -2.40. The first-order valence-electron chi connectivity index (χ1n) is 7.40.